The van der Waals surface area contributed by atoms with E-state index >= 15 is 0 Å². The summed E-state index contributed by atoms with van der Waals surface area (Å²) in [4.78, 5) is 21.4. The maximum Gasteiger partial charge on any atom is 0.227 e. The SMILES string of the molecule is C#CCCCCNC(=O)CC(C)=O. The van der Waals surface area contributed by atoms with Gasteiger partial charge in [-0.15, -0.1) is 12.3 Å². The summed E-state index contributed by atoms with van der Waals surface area (Å²) >= 11 is 0. The first-order chi connectivity index (χ1) is 6.16. The second-order valence-corrected chi connectivity index (χ2v) is 2.89. The van der Waals surface area contributed by atoms with E-state index in [9.17, 15) is 9.59 Å². The molecule has 13 heavy (non-hydrogen) atoms. The Bertz CT molecular complexity index is 215. The number of ketones is 1. The van der Waals surface area contributed by atoms with E-state index in [4.69, 9.17) is 6.42 Å². The van der Waals surface area contributed by atoms with Crippen LogP contribution in [0.2, 0.25) is 0 Å². The van der Waals surface area contributed by atoms with Crippen LogP contribution >= 0.6 is 0 Å². The molecule has 0 atom stereocenters. The maximum atomic E-state index is 10.9. The van der Waals surface area contributed by atoms with Crippen LogP contribution in [0.3, 0.4) is 0 Å². The van der Waals surface area contributed by atoms with Crippen LogP contribution in [-0.4, -0.2) is 18.2 Å². The maximum absolute atomic E-state index is 10.9. The molecule has 0 aromatic rings. The van der Waals surface area contributed by atoms with Gasteiger partial charge in [0, 0.05) is 13.0 Å². The Morgan fingerprint density at radius 3 is 2.62 bits per heavy atom. The molecule has 0 aromatic carbocycles. The van der Waals surface area contributed by atoms with E-state index in [1.54, 1.807) is 0 Å². The van der Waals surface area contributed by atoms with Crippen molar-refractivity contribution in [3.8, 4) is 12.3 Å². The average Bonchev–Trinajstić information content (AvgIpc) is 2.02. The number of hydrogen-bond acceptors (Lipinski definition) is 2. The third-order valence-electron chi connectivity index (χ3n) is 1.48. The van der Waals surface area contributed by atoms with E-state index in [1.807, 2.05) is 0 Å². The first kappa shape index (κ1) is 11.7. The van der Waals surface area contributed by atoms with Gasteiger partial charge in [0.1, 0.15) is 5.78 Å². The zero-order chi connectivity index (χ0) is 10.1. The molecule has 0 saturated heterocycles. The average molecular weight is 181 g/mol. The van der Waals surface area contributed by atoms with Crippen molar-refractivity contribution in [2.45, 2.75) is 32.6 Å². The van der Waals surface area contributed by atoms with Crippen molar-refractivity contribution in [3.05, 3.63) is 0 Å². The third kappa shape index (κ3) is 8.61. The Morgan fingerprint density at radius 2 is 2.08 bits per heavy atom. The number of carbonyl (C=O) groups excluding carboxylic acids is 2. The van der Waals surface area contributed by atoms with E-state index in [0.717, 1.165) is 19.3 Å². The van der Waals surface area contributed by atoms with Gasteiger partial charge >= 0.3 is 0 Å². The van der Waals surface area contributed by atoms with Gasteiger partial charge in [-0.2, -0.15) is 0 Å². The van der Waals surface area contributed by atoms with Gasteiger partial charge in [0.2, 0.25) is 5.91 Å². The lowest BCUT2D eigenvalue weighted by atomic mass is 10.2. The lowest BCUT2D eigenvalue weighted by Gasteiger charge is -2.01. The molecule has 0 aliphatic carbocycles. The second-order valence-electron chi connectivity index (χ2n) is 2.89. The van der Waals surface area contributed by atoms with Crippen molar-refractivity contribution >= 4 is 11.7 Å². The Balaban J connectivity index is 3.28. The van der Waals surface area contributed by atoms with Crippen LogP contribution in [0.15, 0.2) is 0 Å². The third-order valence-corrected chi connectivity index (χ3v) is 1.48. The van der Waals surface area contributed by atoms with Crippen molar-refractivity contribution in [1.29, 1.82) is 0 Å². The van der Waals surface area contributed by atoms with Gasteiger partial charge < -0.3 is 5.32 Å². The monoisotopic (exact) mass is 181 g/mol. The molecule has 72 valence electrons. The summed E-state index contributed by atoms with van der Waals surface area (Å²) in [7, 11) is 0. The smallest absolute Gasteiger partial charge is 0.227 e. The predicted molar refractivity (Wildman–Crippen MR) is 51.0 cm³/mol. The van der Waals surface area contributed by atoms with Crippen LogP contribution in [0.5, 0.6) is 0 Å². The quantitative estimate of drug-likeness (QED) is 0.375. The van der Waals surface area contributed by atoms with Crippen molar-refractivity contribution in [2.24, 2.45) is 0 Å². The summed E-state index contributed by atoms with van der Waals surface area (Å²) in [5.41, 5.74) is 0. The molecule has 0 aromatic heterocycles. The Kier molecular flexibility index (Phi) is 6.62. The number of carbonyl (C=O) groups is 2. The summed E-state index contributed by atoms with van der Waals surface area (Å²) in [5.74, 6) is 2.21. The molecule has 0 aliphatic heterocycles. The second kappa shape index (κ2) is 7.35. The minimum Gasteiger partial charge on any atom is -0.356 e. The fraction of sp³-hybridized carbons (Fsp3) is 0.600. The molecule has 3 nitrogen and oxygen atoms in total. The minimum absolute atomic E-state index is 0.0187. The van der Waals surface area contributed by atoms with E-state index in [-0.39, 0.29) is 18.1 Å². The molecule has 0 unspecified atom stereocenters. The molecule has 1 amide bonds. The van der Waals surface area contributed by atoms with Gasteiger partial charge in [-0.05, 0) is 19.8 Å². The lowest BCUT2D eigenvalue weighted by Crippen LogP contribution is -2.25. The Morgan fingerprint density at radius 1 is 1.38 bits per heavy atom. The highest BCUT2D eigenvalue weighted by Gasteiger charge is 2.02. The van der Waals surface area contributed by atoms with Crippen LogP contribution < -0.4 is 5.32 Å². The van der Waals surface area contributed by atoms with Gasteiger partial charge in [-0.1, -0.05) is 0 Å². The number of amides is 1. The summed E-state index contributed by atoms with van der Waals surface area (Å²) in [6.45, 7) is 2.01. The van der Waals surface area contributed by atoms with Crippen LogP contribution in [0.1, 0.15) is 32.6 Å². The van der Waals surface area contributed by atoms with E-state index in [0.29, 0.717) is 6.54 Å². The first-order valence-corrected chi connectivity index (χ1v) is 4.36. The van der Waals surface area contributed by atoms with Gasteiger partial charge in [0.15, 0.2) is 0 Å². The molecule has 1 N–H and O–H groups in total. The zero-order valence-electron chi connectivity index (χ0n) is 7.93. The van der Waals surface area contributed by atoms with Crippen molar-refractivity contribution < 1.29 is 9.59 Å². The Labute approximate surface area is 78.9 Å². The number of rotatable bonds is 6. The van der Waals surface area contributed by atoms with E-state index in [1.165, 1.54) is 6.92 Å². The molecule has 0 rings (SSSR count). The Hall–Kier alpha value is -1.30. The highest BCUT2D eigenvalue weighted by molar-refractivity contribution is 5.96. The molecule has 0 aliphatic rings. The molecule has 0 bridgehead atoms. The topological polar surface area (TPSA) is 46.2 Å². The van der Waals surface area contributed by atoms with Crippen LogP contribution in [-0.2, 0) is 9.59 Å². The molecule has 0 fully saturated rings. The van der Waals surface area contributed by atoms with Gasteiger partial charge in [0.05, 0.1) is 6.42 Å². The molecule has 0 radical (unpaired) electrons. The molecule has 0 spiro atoms. The molecule has 0 heterocycles. The largest absolute Gasteiger partial charge is 0.356 e. The van der Waals surface area contributed by atoms with Crippen molar-refractivity contribution in [1.82, 2.24) is 5.32 Å². The highest BCUT2D eigenvalue weighted by atomic mass is 16.2. The number of unbranched alkanes of at least 4 members (excludes halogenated alkanes) is 2. The fourth-order valence-corrected chi connectivity index (χ4v) is 0.868. The number of hydrogen-bond donors (Lipinski definition) is 1. The van der Waals surface area contributed by atoms with Gasteiger partial charge in [-0.3, -0.25) is 9.59 Å². The molecule has 0 saturated carbocycles. The van der Waals surface area contributed by atoms with Crippen LogP contribution in [0.25, 0.3) is 0 Å². The van der Waals surface area contributed by atoms with Crippen molar-refractivity contribution in [3.63, 3.8) is 0 Å². The predicted octanol–water partition coefficient (Wildman–Crippen LogP) is 0.885. The fourth-order valence-electron chi connectivity index (χ4n) is 0.868. The molecular weight excluding hydrogens is 166 g/mol. The summed E-state index contributed by atoms with van der Waals surface area (Å²) in [6.07, 6.45) is 7.56. The number of Topliss-reactive ketones (excluding diaryl/α,β-unsaturated/α-hetero) is 1. The molecule has 3 heteroatoms. The van der Waals surface area contributed by atoms with E-state index < -0.39 is 0 Å². The van der Waals surface area contributed by atoms with Gasteiger partial charge in [-0.25, -0.2) is 0 Å². The van der Waals surface area contributed by atoms with Crippen molar-refractivity contribution in [2.75, 3.05) is 6.54 Å². The van der Waals surface area contributed by atoms with Crippen LogP contribution in [0, 0.1) is 12.3 Å². The van der Waals surface area contributed by atoms with E-state index in [2.05, 4.69) is 11.2 Å². The van der Waals surface area contributed by atoms with Gasteiger partial charge in [0.25, 0.3) is 0 Å². The summed E-state index contributed by atoms with van der Waals surface area (Å²) in [6, 6.07) is 0. The molecular formula is C10H15NO2. The standard InChI is InChI=1S/C10H15NO2/c1-3-4-5-6-7-11-10(13)8-9(2)12/h1H,4-8H2,2H3,(H,11,13). The van der Waals surface area contributed by atoms with Crippen LogP contribution in [0.4, 0.5) is 0 Å². The summed E-state index contributed by atoms with van der Waals surface area (Å²) in [5, 5.41) is 2.64. The first-order valence-electron chi connectivity index (χ1n) is 4.36. The number of terminal acetylenes is 1. The number of nitrogens with one attached hydrogen (secondary N) is 1. The normalized spacial score (nSPS) is 8.92. The highest BCUT2D eigenvalue weighted by Crippen LogP contribution is 1.91. The zero-order valence-corrected chi connectivity index (χ0v) is 7.93. The summed E-state index contributed by atoms with van der Waals surface area (Å²) < 4.78 is 0. The minimum atomic E-state index is -0.201. The lowest BCUT2D eigenvalue weighted by molar-refractivity contribution is -0.127.